The first-order valence-corrected chi connectivity index (χ1v) is 9.26. The standard InChI is InChI=1S/C21H21F3N4O3/c1-13-7-5-9-16(18(13)28-19(30-4)25-27(3)20(28)29)12-31-26-14(2)15-8-6-10-17(11-15)21(22,23)24/h5-11H,12H2,1-4H3/b26-14+. The highest BCUT2D eigenvalue weighted by molar-refractivity contribution is 5.98. The smallest absolute Gasteiger partial charge is 0.416 e. The zero-order valence-electron chi connectivity index (χ0n) is 17.4. The van der Waals surface area contributed by atoms with Crippen LogP contribution in [0.1, 0.15) is 29.2 Å². The van der Waals surface area contributed by atoms with Gasteiger partial charge in [0.15, 0.2) is 0 Å². The van der Waals surface area contributed by atoms with Crippen molar-refractivity contribution in [2.75, 3.05) is 7.11 Å². The van der Waals surface area contributed by atoms with Crippen LogP contribution in [0.3, 0.4) is 0 Å². The molecule has 10 heteroatoms. The molecule has 0 aliphatic rings. The average Bonchev–Trinajstić information content (AvgIpc) is 3.01. The minimum absolute atomic E-state index is 0.0161. The van der Waals surface area contributed by atoms with Crippen LogP contribution in [0, 0.1) is 6.92 Å². The Kier molecular flexibility index (Phi) is 6.19. The van der Waals surface area contributed by atoms with E-state index in [1.165, 1.54) is 30.9 Å². The van der Waals surface area contributed by atoms with Crippen LogP contribution in [-0.2, 0) is 24.7 Å². The molecule has 0 unspecified atom stereocenters. The van der Waals surface area contributed by atoms with Crippen molar-refractivity contribution in [1.82, 2.24) is 14.3 Å². The van der Waals surface area contributed by atoms with Crippen molar-refractivity contribution in [2.45, 2.75) is 26.6 Å². The van der Waals surface area contributed by atoms with Crippen LogP contribution >= 0.6 is 0 Å². The molecule has 0 bridgehead atoms. The largest absolute Gasteiger partial charge is 0.467 e. The number of aryl methyl sites for hydroxylation is 2. The summed E-state index contributed by atoms with van der Waals surface area (Å²) in [6.07, 6.45) is -4.44. The van der Waals surface area contributed by atoms with Crippen LogP contribution in [-0.4, -0.2) is 27.2 Å². The van der Waals surface area contributed by atoms with E-state index in [2.05, 4.69) is 10.3 Å². The van der Waals surface area contributed by atoms with Gasteiger partial charge in [-0.15, -0.1) is 5.10 Å². The molecule has 0 amide bonds. The van der Waals surface area contributed by atoms with Gasteiger partial charge in [-0.3, -0.25) is 0 Å². The average molecular weight is 434 g/mol. The molecule has 2 aromatic carbocycles. The predicted octanol–water partition coefficient (Wildman–Crippen LogP) is 3.85. The fraction of sp³-hybridized carbons (Fsp3) is 0.286. The van der Waals surface area contributed by atoms with Crippen LogP contribution in [0.5, 0.6) is 6.01 Å². The molecule has 0 radical (unpaired) electrons. The predicted molar refractivity (Wildman–Crippen MR) is 109 cm³/mol. The molecule has 1 heterocycles. The molecule has 0 aliphatic heterocycles. The summed E-state index contributed by atoms with van der Waals surface area (Å²) in [6.45, 7) is 3.37. The van der Waals surface area contributed by atoms with E-state index in [9.17, 15) is 18.0 Å². The van der Waals surface area contributed by atoms with Gasteiger partial charge >= 0.3 is 17.9 Å². The summed E-state index contributed by atoms with van der Waals surface area (Å²) in [5.74, 6) is 0. The van der Waals surface area contributed by atoms with Gasteiger partial charge in [-0.1, -0.05) is 35.5 Å². The first-order valence-electron chi connectivity index (χ1n) is 9.26. The highest BCUT2D eigenvalue weighted by Gasteiger charge is 2.30. The molecule has 3 rings (SSSR count). The van der Waals surface area contributed by atoms with Crippen LogP contribution in [0.15, 0.2) is 52.4 Å². The third-order valence-electron chi connectivity index (χ3n) is 4.65. The number of aromatic nitrogens is 3. The maximum atomic E-state index is 12.9. The van der Waals surface area contributed by atoms with E-state index in [1.54, 1.807) is 19.1 Å². The van der Waals surface area contributed by atoms with Gasteiger partial charge in [0.1, 0.15) is 6.61 Å². The number of hydrogen-bond donors (Lipinski definition) is 0. The zero-order valence-corrected chi connectivity index (χ0v) is 17.4. The fourth-order valence-corrected chi connectivity index (χ4v) is 3.09. The quantitative estimate of drug-likeness (QED) is 0.437. The van der Waals surface area contributed by atoms with Crippen molar-refractivity contribution in [1.29, 1.82) is 0 Å². The third kappa shape index (κ3) is 4.62. The van der Waals surface area contributed by atoms with Gasteiger partial charge in [0.25, 0.3) is 0 Å². The van der Waals surface area contributed by atoms with Gasteiger partial charge in [-0.25, -0.2) is 14.0 Å². The van der Waals surface area contributed by atoms with E-state index < -0.39 is 17.4 Å². The Morgan fingerprint density at radius 1 is 1.19 bits per heavy atom. The van der Waals surface area contributed by atoms with E-state index >= 15 is 0 Å². The lowest BCUT2D eigenvalue weighted by Crippen LogP contribution is -2.23. The van der Waals surface area contributed by atoms with Crippen LogP contribution in [0.2, 0.25) is 0 Å². The van der Waals surface area contributed by atoms with Crippen molar-refractivity contribution in [3.63, 3.8) is 0 Å². The van der Waals surface area contributed by atoms with Gasteiger partial charge in [-0.2, -0.15) is 13.2 Å². The number of methoxy groups -OCH3 is 1. The maximum Gasteiger partial charge on any atom is 0.416 e. The van der Waals surface area contributed by atoms with Crippen LogP contribution < -0.4 is 10.4 Å². The maximum absolute atomic E-state index is 12.9. The highest BCUT2D eigenvalue weighted by atomic mass is 19.4. The summed E-state index contributed by atoms with van der Waals surface area (Å²) >= 11 is 0. The summed E-state index contributed by atoms with van der Waals surface area (Å²) in [6, 6.07) is 10.4. The Hall–Kier alpha value is -3.56. The first kappa shape index (κ1) is 22.1. The normalized spacial score (nSPS) is 12.2. The SMILES string of the molecule is COc1nn(C)c(=O)n1-c1c(C)cccc1CO/N=C(\C)c1cccc(C(F)(F)F)c1. The molecule has 0 spiro atoms. The zero-order chi connectivity index (χ0) is 22.8. The number of halogens is 3. The highest BCUT2D eigenvalue weighted by Crippen LogP contribution is 2.29. The molecular weight excluding hydrogens is 413 g/mol. The van der Waals surface area contributed by atoms with Gasteiger partial charge < -0.3 is 9.57 Å². The molecule has 0 saturated heterocycles. The summed E-state index contributed by atoms with van der Waals surface area (Å²) < 4.78 is 46.5. The number of alkyl halides is 3. The Labute approximate surface area is 176 Å². The second-order valence-electron chi connectivity index (χ2n) is 6.84. The van der Waals surface area contributed by atoms with Crippen LogP contribution in [0.25, 0.3) is 5.69 Å². The molecule has 1 aromatic heterocycles. The molecule has 3 aromatic rings. The lowest BCUT2D eigenvalue weighted by atomic mass is 10.1. The van der Waals surface area contributed by atoms with E-state index in [4.69, 9.17) is 9.57 Å². The van der Waals surface area contributed by atoms with Crippen molar-refractivity contribution >= 4 is 5.71 Å². The number of hydrogen-bond acceptors (Lipinski definition) is 5. The number of oxime groups is 1. The second kappa shape index (κ2) is 8.66. The molecule has 0 aliphatic carbocycles. The molecule has 0 saturated carbocycles. The number of ether oxygens (including phenoxy) is 1. The molecule has 7 nitrogen and oxygen atoms in total. The molecule has 0 atom stereocenters. The van der Waals surface area contributed by atoms with Crippen molar-refractivity contribution in [2.24, 2.45) is 12.2 Å². The summed E-state index contributed by atoms with van der Waals surface area (Å²) in [4.78, 5) is 18.0. The van der Waals surface area contributed by atoms with E-state index in [-0.39, 0.29) is 18.3 Å². The van der Waals surface area contributed by atoms with Gasteiger partial charge in [0, 0.05) is 12.6 Å². The van der Waals surface area contributed by atoms with E-state index in [0.29, 0.717) is 16.8 Å². The Morgan fingerprint density at radius 2 is 1.90 bits per heavy atom. The number of benzene rings is 2. The molecule has 164 valence electrons. The van der Waals surface area contributed by atoms with E-state index in [0.717, 1.165) is 22.4 Å². The van der Waals surface area contributed by atoms with Gasteiger partial charge in [-0.05, 0) is 37.1 Å². The van der Waals surface area contributed by atoms with Crippen molar-refractivity contribution in [3.8, 4) is 11.7 Å². The lowest BCUT2D eigenvalue weighted by molar-refractivity contribution is -0.137. The van der Waals surface area contributed by atoms with E-state index in [1.807, 2.05) is 13.0 Å². The Morgan fingerprint density at radius 3 is 2.58 bits per heavy atom. The lowest BCUT2D eigenvalue weighted by Gasteiger charge is -2.13. The molecule has 0 fully saturated rings. The third-order valence-corrected chi connectivity index (χ3v) is 4.65. The number of para-hydroxylation sites is 1. The minimum Gasteiger partial charge on any atom is -0.467 e. The van der Waals surface area contributed by atoms with Crippen LogP contribution in [0.4, 0.5) is 13.2 Å². The summed E-state index contributed by atoms with van der Waals surface area (Å²) in [7, 11) is 2.92. The fourth-order valence-electron chi connectivity index (χ4n) is 3.09. The number of rotatable bonds is 6. The monoisotopic (exact) mass is 434 g/mol. The van der Waals surface area contributed by atoms with Crippen molar-refractivity contribution < 1.29 is 22.7 Å². The first-order chi connectivity index (χ1) is 14.6. The van der Waals surface area contributed by atoms with Gasteiger partial charge in [0.05, 0.1) is 24.1 Å². The summed E-state index contributed by atoms with van der Waals surface area (Å²) in [5, 5.41) is 8.01. The molecule has 31 heavy (non-hydrogen) atoms. The molecular formula is C21H21F3N4O3. The Balaban J connectivity index is 1.89. The minimum atomic E-state index is -4.44. The summed E-state index contributed by atoms with van der Waals surface area (Å²) in [5.41, 5.74) is 1.40. The Bertz CT molecular complexity index is 1180. The molecule has 0 N–H and O–H groups in total. The number of nitrogens with zero attached hydrogens (tertiary/aromatic N) is 4. The second-order valence-corrected chi connectivity index (χ2v) is 6.84. The van der Waals surface area contributed by atoms with Crippen molar-refractivity contribution in [3.05, 3.63) is 75.2 Å². The van der Waals surface area contributed by atoms with Gasteiger partial charge in [0.2, 0.25) is 0 Å². The topological polar surface area (TPSA) is 70.6 Å².